The fraction of sp³-hybridized carbons (Fsp3) is 0.417. The lowest BCUT2D eigenvalue weighted by Crippen LogP contribution is -2.48. The van der Waals surface area contributed by atoms with Gasteiger partial charge in [0, 0.05) is 17.2 Å². The maximum atomic E-state index is 13.9. The second kappa shape index (κ2) is 3.77. The van der Waals surface area contributed by atoms with Crippen LogP contribution in [0.25, 0.3) is 0 Å². The summed E-state index contributed by atoms with van der Waals surface area (Å²) < 4.78 is 59.8. The number of fused-ring (bicyclic) bond motifs is 1. The molecule has 1 aromatic carbocycles. The summed E-state index contributed by atoms with van der Waals surface area (Å²) in [6.07, 6.45) is -5.36. The van der Waals surface area contributed by atoms with Crippen LogP contribution in [0.4, 0.5) is 23.2 Å². The number of rotatable bonds is 1. The van der Waals surface area contributed by atoms with Gasteiger partial charge in [-0.3, -0.25) is 0 Å². The summed E-state index contributed by atoms with van der Waals surface area (Å²) in [5, 5.41) is 0. The first-order valence-corrected chi connectivity index (χ1v) is 5.90. The van der Waals surface area contributed by atoms with Crippen LogP contribution in [0.5, 0.6) is 0 Å². The molecule has 108 valence electrons. The molecule has 1 aromatic rings. The first-order valence-electron chi connectivity index (χ1n) is 5.90. The van der Waals surface area contributed by atoms with E-state index >= 15 is 0 Å². The monoisotopic (exact) mass is 289 g/mol. The zero-order valence-electron chi connectivity index (χ0n) is 10.1. The Labute approximate surface area is 111 Å². The Bertz CT molecular complexity index is 601. The van der Waals surface area contributed by atoms with Gasteiger partial charge in [0.1, 0.15) is 11.9 Å². The molecule has 0 spiro atoms. The number of hydrogen-bond donors (Lipinski definition) is 2. The molecule has 1 heterocycles. The SMILES string of the molecule is NC1=N[C@@](c2cc(N)ccc2F)(C(F)(F)F)C2C[C@H]2O1. The largest absolute Gasteiger partial charge is 0.462 e. The van der Waals surface area contributed by atoms with Crippen molar-refractivity contribution in [2.24, 2.45) is 16.6 Å². The van der Waals surface area contributed by atoms with Crippen LogP contribution < -0.4 is 11.5 Å². The van der Waals surface area contributed by atoms with Crippen LogP contribution in [0.3, 0.4) is 0 Å². The van der Waals surface area contributed by atoms with Crippen molar-refractivity contribution in [1.82, 2.24) is 0 Å². The van der Waals surface area contributed by atoms with Gasteiger partial charge in [0.15, 0.2) is 5.54 Å². The number of nitrogen functional groups attached to an aromatic ring is 1. The molecule has 0 aromatic heterocycles. The normalized spacial score (nSPS) is 32.1. The van der Waals surface area contributed by atoms with Crippen molar-refractivity contribution in [1.29, 1.82) is 0 Å². The summed E-state index contributed by atoms with van der Waals surface area (Å²) in [5.74, 6) is -1.99. The zero-order valence-corrected chi connectivity index (χ0v) is 10.1. The zero-order chi connectivity index (χ0) is 14.7. The molecule has 1 unspecified atom stereocenters. The van der Waals surface area contributed by atoms with Crippen LogP contribution >= 0.6 is 0 Å². The third-order valence-electron chi connectivity index (χ3n) is 3.66. The lowest BCUT2D eigenvalue weighted by Gasteiger charge is -2.35. The maximum Gasteiger partial charge on any atom is 0.418 e. The molecular formula is C12H11F4N3O. The highest BCUT2D eigenvalue weighted by Gasteiger charge is 2.71. The number of anilines is 1. The molecule has 8 heteroatoms. The summed E-state index contributed by atoms with van der Waals surface area (Å²) in [6, 6.07) is 2.47. The average molecular weight is 289 g/mol. The minimum atomic E-state index is -4.80. The molecular weight excluding hydrogens is 278 g/mol. The Morgan fingerprint density at radius 3 is 2.65 bits per heavy atom. The molecule has 1 saturated carbocycles. The third-order valence-corrected chi connectivity index (χ3v) is 3.66. The van der Waals surface area contributed by atoms with Crippen LogP contribution in [0.2, 0.25) is 0 Å². The average Bonchev–Trinajstić information content (AvgIpc) is 3.08. The number of nitrogens with zero attached hydrogens (tertiary/aromatic N) is 1. The van der Waals surface area contributed by atoms with E-state index in [1.54, 1.807) is 0 Å². The van der Waals surface area contributed by atoms with Gasteiger partial charge in [-0.2, -0.15) is 13.2 Å². The maximum absolute atomic E-state index is 13.9. The van der Waals surface area contributed by atoms with Crippen molar-refractivity contribution >= 4 is 11.7 Å². The van der Waals surface area contributed by atoms with Crippen LogP contribution in [0.1, 0.15) is 12.0 Å². The summed E-state index contributed by atoms with van der Waals surface area (Å²) in [4.78, 5) is 3.43. The fourth-order valence-electron chi connectivity index (χ4n) is 2.70. The van der Waals surface area contributed by atoms with Crippen LogP contribution in [-0.4, -0.2) is 18.3 Å². The van der Waals surface area contributed by atoms with E-state index in [-0.39, 0.29) is 12.1 Å². The molecule has 3 atom stereocenters. The van der Waals surface area contributed by atoms with E-state index in [0.717, 1.165) is 12.1 Å². The van der Waals surface area contributed by atoms with Crippen molar-refractivity contribution in [3.8, 4) is 0 Å². The third kappa shape index (κ3) is 1.63. The molecule has 3 rings (SSSR count). The highest BCUT2D eigenvalue weighted by molar-refractivity contribution is 5.74. The van der Waals surface area contributed by atoms with Gasteiger partial charge in [-0.1, -0.05) is 0 Å². The Hall–Kier alpha value is -1.99. The molecule has 2 aliphatic rings. The minimum absolute atomic E-state index is 0.0301. The molecule has 1 aliphatic carbocycles. The van der Waals surface area contributed by atoms with Crippen molar-refractivity contribution in [2.45, 2.75) is 24.2 Å². The fourth-order valence-corrected chi connectivity index (χ4v) is 2.70. The van der Waals surface area contributed by atoms with E-state index in [1.807, 2.05) is 0 Å². The topological polar surface area (TPSA) is 73.6 Å². The summed E-state index contributed by atoms with van der Waals surface area (Å²) in [7, 11) is 0. The van der Waals surface area contributed by atoms with Crippen molar-refractivity contribution < 1.29 is 22.3 Å². The molecule has 4 nitrogen and oxygen atoms in total. The Morgan fingerprint density at radius 2 is 2.00 bits per heavy atom. The van der Waals surface area contributed by atoms with Gasteiger partial charge in [-0.05, 0) is 24.6 Å². The minimum Gasteiger partial charge on any atom is -0.462 e. The van der Waals surface area contributed by atoms with E-state index < -0.39 is 41.1 Å². The first-order chi connectivity index (χ1) is 9.25. The molecule has 0 saturated heterocycles. The second-order valence-corrected chi connectivity index (χ2v) is 4.95. The van der Waals surface area contributed by atoms with Gasteiger partial charge >= 0.3 is 6.18 Å². The van der Waals surface area contributed by atoms with Crippen molar-refractivity contribution in [3.63, 3.8) is 0 Å². The smallest absolute Gasteiger partial charge is 0.418 e. The van der Waals surface area contributed by atoms with Gasteiger partial charge in [-0.25, -0.2) is 9.38 Å². The van der Waals surface area contributed by atoms with Crippen molar-refractivity contribution in [2.75, 3.05) is 5.73 Å². The predicted octanol–water partition coefficient (Wildman–Crippen LogP) is 1.90. The first kappa shape index (κ1) is 13.0. The van der Waals surface area contributed by atoms with E-state index in [9.17, 15) is 17.6 Å². The number of amidine groups is 1. The number of ether oxygens (including phenoxy) is 1. The molecule has 20 heavy (non-hydrogen) atoms. The second-order valence-electron chi connectivity index (χ2n) is 4.95. The van der Waals surface area contributed by atoms with Crippen LogP contribution in [0, 0.1) is 11.7 Å². The summed E-state index contributed by atoms with van der Waals surface area (Å²) >= 11 is 0. The van der Waals surface area contributed by atoms with Gasteiger partial charge in [0.25, 0.3) is 6.02 Å². The van der Waals surface area contributed by atoms with Crippen LogP contribution in [-0.2, 0) is 10.3 Å². The molecule has 0 radical (unpaired) electrons. The molecule has 1 fully saturated rings. The van der Waals surface area contributed by atoms with Gasteiger partial charge in [0.05, 0.1) is 0 Å². The highest BCUT2D eigenvalue weighted by Crippen LogP contribution is 2.60. The number of halogens is 4. The van der Waals surface area contributed by atoms with Crippen LogP contribution in [0.15, 0.2) is 23.2 Å². The Kier molecular flexibility index (Phi) is 2.45. The van der Waals surface area contributed by atoms with E-state index in [0.29, 0.717) is 0 Å². The number of benzene rings is 1. The summed E-state index contributed by atoms with van der Waals surface area (Å²) in [5.41, 5.74) is 7.51. The highest BCUT2D eigenvalue weighted by atomic mass is 19.4. The number of nitrogens with two attached hydrogens (primary N) is 2. The predicted molar refractivity (Wildman–Crippen MR) is 63.1 cm³/mol. The van der Waals surface area contributed by atoms with E-state index in [1.165, 1.54) is 6.07 Å². The van der Waals surface area contributed by atoms with Crippen molar-refractivity contribution in [3.05, 3.63) is 29.6 Å². The molecule has 0 bridgehead atoms. The summed E-state index contributed by atoms with van der Waals surface area (Å²) in [6.45, 7) is 0. The number of aliphatic imine (C=N–C) groups is 1. The lowest BCUT2D eigenvalue weighted by atomic mass is 9.83. The Morgan fingerprint density at radius 1 is 1.30 bits per heavy atom. The molecule has 4 N–H and O–H groups in total. The molecule has 0 amide bonds. The van der Waals surface area contributed by atoms with Gasteiger partial charge in [0.2, 0.25) is 0 Å². The van der Waals surface area contributed by atoms with Gasteiger partial charge < -0.3 is 16.2 Å². The lowest BCUT2D eigenvalue weighted by molar-refractivity contribution is -0.201. The van der Waals surface area contributed by atoms with Gasteiger partial charge in [-0.15, -0.1) is 0 Å². The van der Waals surface area contributed by atoms with E-state index in [4.69, 9.17) is 16.2 Å². The quantitative estimate of drug-likeness (QED) is 0.612. The Balaban J connectivity index is 2.27. The molecule has 1 aliphatic heterocycles. The number of hydrogen-bond acceptors (Lipinski definition) is 4. The standard InChI is InChI=1S/C12H11F4N3O/c13-8-2-1-5(17)3-6(8)11(12(14,15)16)7-4-9(7)20-10(18)19-11/h1-3,7,9H,4,17H2,(H2,18,19)/t7?,9-,11-/m1/s1. The van der Waals surface area contributed by atoms with E-state index in [2.05, 4.69) is 4.99 Å². The number of alkyl halides is 3.